The number of rotatable bonds is 10. The van der Waals surface area contributed by atoms with Crippen LogP contribution in [0.15, 0.2) is 24.3 Å². The molecular weight excluding hydrogens is 434 g/mol. The zero-order valence-electron chi connectivity index (χ0n) is 20.3. The second-order valence-electron chi connectivity index (χ2n) is 9.18. The fourth-order valence-corrected chi connectivity index (χ4v) is 4.01. The molecule has 34 heavy (non-hydrogen) atoms. The van der Waals surface area contributed by atoms with Crippen molar-refractivity contribution in [2.45, 2.75) is 40.0 Å². The van der Waals surface area contributed by atoms with E-state index in [-0.39, 0.29) is 23.3 Å². The Morgan fingerprint density at radius 3 is 2.47 bits per heavy atom. The highest BCUT2D eigenvalue weighted by molar-refractivity contribution is 6.05. The topological polar surface area (TPSA) is 115 Å². The maximum Gasteiger partial charge on any atom is 0.336 e. The molecule has 0 saturated carbocycles. The first-order chi connectivity index (χ1) is 16.3. The maximum absolute atomic E-state index is 12.1. The van der Waals surface area contributed by atoms with E-state index in [2.05, 4.69) is 27.4 Å². The van der Waals surface area contributed by atoms with Crippen LogP contribution in [0.1, 0.15) is 50.4 Å². The summed E-state index contributed by atoms with van der Waals surface area (Å²) in [5.41, 5.74) is 1.27. The molecular formula is C25H35N5O4. The van der Waals surface area contributed by atoms with Crippen molar-refractivity contribution in [2.24, 2.45) is 5.92 Å². The molecule has 1 saturated heterocycles. The molecule has 2 aromatic rings. The number of carboxylic acid groups (broad SMARTS) is 1. The van der Waals surface area contributed by atoms with Gasteiger partial charge in [-0.1, -0.05) is 27.2 Å². The molecule has 0 spiro atoms. The molecule has 9 heteroatoms. The van der Waals surface area contributed by atoms with Crippen LogP contribution in [0.5, 0.6) is 0 Å². The van der Waals surface area contributed by atoms with Crippen molar-refractivity contribution < 1.29 is 19.5 Å². The Morgan fingerprint density at radius 2 is 1.82 bits per heavy atom. The number of aromatic carboxylic acids is 1. The molecule has 184 valence electrons. The van der Waals surface area contributed by atoms with Crippen LogP contribution >= 0.6 is 0 Å². The summed E-state index contributed by atoms with van der Waals surface area (Å²) in [4.78, 5) is 45.1. The summed E-state index contributed by atoms with van der Waals surface area (Å²) < 4.78 is 0. The lowest BCUT2D eigenvalue weighted by Crippen LogP contribution is -2.49. The van der Waals surface area contributed by atoms with Gasteiger partial charge in [-0.3, -0.25) is 14.5 Å². The Morgan fingerprint density at radius 1 is 1.09 bits per heavy atom. The molecule has 1 aromatic heterocycles. The molecule has 1 aliphatic heterocycles. The fraction of sp³-hybridized carbons (Fsp3) is 0.520. The third-order valence-corrected chi connectivity index (χ3v) is 5.82. The third-order valence-electron chi connectivity index (χ3n) is 5.82. The second-order valence-corrected chi connectivity index (χ2v) is 9.18. The molecule has 1 fully saturated rings. The van der Waals surface area contributed by atoms with Gasteiger partial charge in [0.2, 0.25) is 11.8 Å². The number of hydrogen-bond donors (Lipinski definition) is 3. The predicted molar refractivity (Wildman–Crippen MR) is 133 cm³/mol. The first-order valence-electron chi connectivity index (χ1n) is 12.0. The molecule has 2 amide bonds. The van der Waals surface area contributed by atoms with Crippen LogP contribution in [-0.4, -0.2) is 72.0 Å². The van der Waals surface area contributed by atoms with Gasteiger partial charge in [0.25, 0.3) is 0 Å². The summed E-state index contributed by atoms with van der Waals surface area (Å²) in [5, 5.41) is 16.1. The standard InChI is InChI=1S/C25H35N5O4/c1-4-5-8-26-24(32)16-29-9-11-30(12-10-29)22-15-20(25(33)34)19-14-18(6-7-21(19)28-22)27-23(31)13-17(2)3/h6-7,14-15,17H,4-5,8-13,16H2,1-3H3,(H,26,32)(H,27,31)(H,33,34). The Kier molecular flexibility index (Phi) is 8.81. The zero-order valence-corrected chi connectivity index (χ0v) is 20.3. The SMILES string of the molecule is CCCCNC(=O)CN1CCN(c2cc(C(=O)O)c3cc(NC(=O)CC(C)C)ccc3n2)CC1. The normalized spacial score (nSPS) is 14.4. The Bertz CT molecular complexity index is 1030. The molecule has 0 radical (unpaired) electrons. The quantitative estimate of drug-likeness (QED) is 0.458. The van der Waals surface area contributed by atoms with E-state index in [0.717, 1.165) is 12.8 Å². The predicted octanol–water partition coefficient (Wildman–Crippen LogP) is 2.96. The monoisotopic (exact) mass is 469 g/mol. The van der Waals surface area contributed by atoms with Gasteiger partial charge in [0.05, 0.1) is 17.6 Å². The number of benzene rings is 1. The molecule has 9 nitrogen and oxygen atoms in total. The number of carboxylic acids is 1. The highest BCUT2D eigenvalue weighted by atomic mass is 16.4. The number of piperazine rings is 1. The van der Waals surface area contributed by atoms with Crippen LogP contribution < -0.4 is 15.5 Å². The number of hydrogen-bond acceptors (Lipinski definition) is 6. The molecule has 0 atom stereocenters. The van der Waals surface area contributed by atoms with Crippen LogP contribution in [0.25, 0.3) is 10.9 Å². The van der Waals surface area contributed by atoms with Crippen molar-refractivity contribution in [3.8, 4) is 0 Å². The number of aromatic nitrogens is 1. The first kappa shape index (κ1) is 25.4. The Balaban J connectivity index is 1.70. The number of carbonyl (C=O) groups excluding carboxylic acids is 2. The third kappa shape index (κ3) is 6.90. The van der Waals surface area contributed by atoms with Gasteiger partial charge in [0.15, 0.2) is 0 Å². The van der Waals surface area contributed by atoms with Gasteiger partial charge in [0.1, 0.15) is 5.82 Å². The van der Waals surface area contributed by atoms with Gasteiger partial charge >= 0.3 is 5.97 Å². The van der Waals surface area contributed by atoms with Crippen molar-refractivity contribution in [3.05, 3.63) is 29.8 Å². The van der Waals surface area contributed by atoms with Crippen molar-refractivity contribution in [3.63, 3.8) is 0 Å². The Labute approximate surface area is 200 Å². The van der Waals surface area contributed by atoms with Crippen molar-refractivity contribution >= 4 is 40.2 Å². The number of unbranched alkanes of at least 4 members (excludes halogenated alkanes) is 1. The van der Waals surface area contributed by atoms with Gasteiger partial charge < -0.3 is 20.6 Å². The number of carbonyl (C=O) groups is 3. The molecule has 3 rings (SSSR count). The van der Waals surface area contributed by atoms with Crippen LogP contribution in [0.2, 0.25) is 0 Å². The molecule has 0 bridgehead atoms. The van der Waals surface area contributed by atoms with E-state index in [9.17, 15) is 19.5 Å². The lowest BCUT2D eigenvalue weighted by atomic mass is 10.1. The van der Waals surface area contributed by atoms with E-state index in [1.807, 2.05) is 13.8 Å². The van der Waals surface area contributed by atoms with Crippen molar-refractivity contribution in [2.75, 3.05) is 49.5 Å². The molecule has 0 aliphatic carbocycles. The summed E-state index contributed by atoms with van der Waals surface area (Å²) in [7, 11) is 0. The van der Waals surface area contributed by atoms with E-state index in [1.165, 1.54) is 0 Å². The largest absolute Gasteiger partial charge is 0.478 e. The molecule has 1 aromatic carbocycles. The minimum Gasteiger partial charge on any atom is -0.478 e. The summed E-state index contributed by atoms with van der Waals surface area (Å²) in [6.45, 7) is 9.81. The fourth-order valence-electron chi connectivity index (χ4n) is 4.01. The summed E-state index contributed by atoms with van der Waals surface area (Å²) in [6, 6.07) is 6.76. The minimum atomic E-state index is -1.04. The summed E-state index contributed by atoms with van der Waals surface area (Å²) >= 11 is 0. The smallest absolute Gasteiger partial charge is 0.336 e. The van der Waals surface area contributed by atoms with Gasteiger partial charge in [-0.2, -0.15) is 0 Å². The average Bonchev–Trinajstić information content (AvgIpc) is 2.78. The minimum absolute atomic E-state index is 0.0372. The van der Waals surface area contributed by atoms with E-state index in [4.69, 9.17) is 4.98 Å². The molecule has 2 heterocycles. The van der Waals surface area contributed by atoms with E-state index < -0.39 is 5.97 Å². The van der Waals surface area contributed by atoms with Crippen molar-refractivity contribution in [1.29, 1.82) is 0 Å². The summed E-state index contributed by atoms with van der Waals surface area (Å²) in [5.74, 6) is -0.270. The zero-order chi connectivity index (χ0) is 24.7. The average molecular weight is 470 g/mol. The van der Waals surface area contributed by atoms with Gasteiger partial charge in [0, 0.05) is 50.2 Å². The lowest BCUT2D eigenvalue weighted by Gasteiger charge is -2.35. The lowest BCUT2D eigenvalue weighted by molar-refractivity contribution is -0.122. The van der Waals surface area contributed by atoms with E-state index >= 15 is 0 Å². The van der Waals surface area contributed by atoms with E-state index in [0.29, 0.717) is 68.1 Å². The number of amides is 2. The molecule has 1 aliphatic rings. The highest BCUT2D eigenvalue weighted by Gasteiger charge is 2.22. The van der Waals surface area contributed by atoms with Gasteiger partial charge in [-0.15, -0.1) is 0 Å². The molecule has 0 unspecified atom stereocenters. The van der Waals surface area contributed by atoms with E-state index in [1.54, 1.807) is 24.3 Å². The number of nitrogens with one attached hydrogen (secondary N) is 2. The number of pyridine rings is 1. The Hall–Kier alpha value is -3.20. The van der Waals surface area contributed by atoms with Crippen LogP contribution in [0.4, 0.5) is 11.5 Å². The van der Waals surface area contributed by atoms with Gasteiger partial charge in [-0.05, 0) is 36.6 Å². The second kappa shape index (κ2) is 11.8. The summed E-state index contributed by atoms with van der Waals surface area (Å²) in [6.07, 6.45) is 2.42. The number of fused-ring (bicyclic) bond motifs is 1. The number of anilines is 2. The highest BCUT2D eigenvalue weighted by Crippen LogP contribution is 2.27. The number of nitrogens with zero attached hydrogens (tertiary/aromatic N) is 3. The maximum atomic E-state index is 12.1. The van der Waals surface area contributed by atoms with Crippen LogP contribution in [-0.2, 0) is 9.59 Å². The van der Waals surface area contributed by atoms with Crippen molar-refractivity contribution in [1.82, 2.24) is 15.2 Å². The first-order valence-corrected chi connectivity index (χ1v) is 12.0. The van der Waals surface area contributed by atoms with Crippen LogP contribution in [0.3, 0.4) is 0 Å². The molecule has 3 N–H and O–H groups in total. The van der Waals surface area contributed by atoms with Gasteiger partial charge in [-0.25, -0.2) is 9.78 Å². The van der Waals surface area contributed by atoms with Crippen LogP contribution in [0, 0.1) is 5.92 Å².